The number of amides is 1. The molecule has 0 aliphatic carbocycles. The molecule has 0 aliphatic rings. The number of carbonyl (C=O) groups excluding carboxylic acids is 1. The molecule has 0 bridgehead atoms. The van der Waals surface area contributed by atoms with Crippen LogP contribution in [0.1, 0.15) is 40.6 Å². The summed E-state index contributed by atoms with van der Waals surface area (Å²) in [7, 11) is 0. The van der Waals surface area contributed by atoms with Crippen molar-refractivity contribution in [1.29, 1.82) is 0 Å². The van der Waals surface area contributed by atoms with E-state index in [1.165, 1.54) is 11.6 Å². The number of benzene rings is 1. The van der Waals surface area contributed by atoms with E-state index in [9.17, 15) is 9.59 Å². The topological polar surface area (TPSA) is 59.3 Å². The summed E-state index contributed by atoms with van der Waals surface area (Å²) in [6, 6.07) is 11.6. The van der Waals surface area contributed by atoms with Crippen LogP contribution in [0.15, 0.2) is 45.6 Å². The van der Waals surface area contributed by atoms with Crippen molar-refractivity contribution in [1.82, 2.24) is 5.32 Å². The Kier molecular flexibility index (Phi) is 5.15. The molecule has 1 aromatic heterocycles. The fraction of sp³-hybridized carbons (Fsp3) is 0.333. The van der Waals surface area contributed by atoms with Crippen molar-refractivity contribution in [3.63, 3.8) is 0 Å². The highest BCUT2D eigenvalue weighted by Crippen LogP contribution is 2.12. The minimum absolute atomic E-state index is 0.0402. The van der Waals surface area contributed by atoms with Crippen molar-refractivity contribution in [3.8, 4) is 0 Å². The zero-order chi connectivity index (χ0) is 16.1. The van der Waals surface area contributed by atoms with E-state index < -0.39 is 5.63 Å². The van der Waals surface area contributed by atoms with E-state index in [-0.39, 0.29) is 11.9 Å². The number of hydrogen-bond acceptors (Lipinski definition) is 3. The first kappa shape index (κ1) is 16.0. The lowest BCUT2D eigenvalue weighted by Gasteiger charge is -2.15. The van der Waals surface area contributed by atoms with Gasteiger partial charge in [0.05, 0.1) is 5.56 Å². The SMILES string of the molecule is Cc1cc(=O)oc(C)c1C(=O)N[C@@H](C)CCc1ccccc1. The molecular weight excluding hydrogens is 278 g/mol. The molecule has 0 saturated heterocycles. The Bertz CT molecular complexity index is 678. The van der Waals surface area contributed by atoms with E-state index in [2.05, 4.69) is 17.4 Å². The van der Waals surface area contributed by atoms with Crippen LogP contribution >= 0.6 is 0 Å². The number of hydrogen-bond donors (Lipinski definition) is 1. The summed E-state index contributed by atoms with van der Waals surface area (Å²) in [5.74, 6) is 0.164. The summed E-state index contributed by atoms with van der Waals surface area (Å²) in [4.78, 5) is 23.6. The van der Waals surface area contributed by atoms with E-state index in [0.717, 1.165) is 12.8 Å². The summed E-state index contributed by atoms with van der Waals surface area (Å²) in [6.07, 6.45) is 1.76. The highest BCUT2D eigenvalue weighted by Gasteiger charge is 2.17. The van der Waals surface area contributed by atoms with Crippen molar-refractivity contribution >= 4 is 5.91 Å². The van der Waals surface area contributed by atoms with E-state index in [0.29, 0.717) is 16.9 Å². The lowest BCUT2D eigenvalue weighted by Crippen LogP contribution is -2.34. The molecule has 4 heteroatoms. The van der Waals surface area contributed by atoms with E-state index in [1.54, 1.807) is 13.8 Å². The van der Waals surface area contributed by atoms with Gasteiger partial charge in [-0.15, -0.1) is 0 Å². The maximum absolute atomic E-state index is 12.3. The average molecular weight is 299 g/mol. The first-order valence-corrected chi connectivity index (χ1v) is 7.43. The van der Waals surface area contributed by atoms with Crippen LogP contribution in [0.4, 0.5) is 0 Å². The van der Waals surface area contributed by atoms with E-state index in [4.69, 9.17) is 4.42 Å². The second kappa shape index (κ2) is 7.07. The van der Waals surface area contributed by atoms with Gasteiger partial charge in [-0.05, 0) is 44.7 Å². The molecule has 2 aromatic rings. The smallest absolute Gasteiger partial charge is 0.336 e. The molecule has 0 aliphatic heterocycles. The van der Waals surface area contributed by atoms with Gasteiger partial charge in [0.2, 0.25) is 0 Å². The van der Waals surface area contributed by atoms with Crippen LogP contribution in [0, 0.1) is 13.8 Å². The molecule has 0 saturated carbocycles. The number of rotatable bonds is 5. The van der Waals surface area contributed by atoms with Crippen molar-refractivity contribution in [3.05, 3.63) is 69.3 Å². The number of aryl methyl sites for hydroxylation is 3. The standard InChI is InChI=1S/C18H21NO3/c1-12-11-16(20)22-14(3)17(12)18(21)19-13(2)9-10-15-7-5-4-6-8-15/h4-8,11,13H,9-10H2,1-3H3,(H,19,21)/t13-/m0/s1. The van der Waals surface area contributed by atoms with Crippen LogP contribution in [0.5, 0.6) is 0 Å². The molecule has 1 amide bonds. The second-order valence-corrected chi connectivity index (χ2v) is 5.58. The first-order chi connectivity index (χ1) is 10.5. The molecule has 1 atom stereocenters. The van der Waals surface area contributed by atoms with Crippen LogP contribution in [-0.4, -0.2) is 11.9 Å². The van der Waals surface area contributed by atoms with Crippen molar-refractivity contribution in [2.75, 3.05) is 0 Å². The van der Waals surface area contributed by atoms with E-state index >= 15 is 0 Å². The molecule has 116 valence electrons. The van der Waals surface area contributed by atoms with Gasteiger partial charge in [0.15, 0.2) is 0 Å². The fourth-order valence-electron chi connectivity index (χ4n) is 2.49. The minimum atomic E-state index is -0.427. The van der Waals surface area contributed by atoms with Gasteiger partial charge >= 0.3 is 5.63 Å². The van der Waals surface area contributed by atoms with Gasteiger partial charge in [-0.1, -0.05) is 30.3 Å². The van der Waals surface area contributed by atoms with Crippen molar-refractivity contribution in [2.45, 2.75) is 39.7 Å². The van der Waals surface area contributed by atoms with Gasteiger partial charge in [-0.25, -0.2) is 4.79 Å². The van der Waals surface area contributed by atoms with Crippen molar-refractivity contribution in [2.24, 2.45) is 0 Å². The third kappa shape index (κ3) is 4.07. The lowest BCUT2D eigenvalue weighted by molar-refractivity contribution is 0.0934. The van der Waals surface area contributed by atoms with Gasteiger partial charge in [-0.2, -0.15) is 0 Å². The molecule has 0 fully saturated rings. The largest absolute Gasteiger partial charge is 0.427 e. The Morgan fingerprint density at radius 3 is 2.55 bits per heavy atom. The quantitative estimate of drug-likeness (QED) is 0.923. The van der Waals surface area contributed by atoms with Gasteiger partial charge in [0.25, 0.3) is 5.91 Å². The Balaban J connectivity index is 1.98. The van der Waals surface area contributed by atoms with Gasteiger partial charge < -0.3 is 9.73 Å². The Morgan fingerprint density at radius 2 is 1.91 bits per heavy atom. The maximum atomic E-state index is 12.3. The molecule has 2 rings (SSSR count). The molecule has 0 spiro atoms. The van der Waals surface area contributed by atoms with Gasteiger partial charge in [-0.3, -0.25) is 4.79 Å². The average Bonchev–Trinajstić information content (AvgIpc) is 2.45. The maximum Gasteiger partial charge on any atom is 0.336 e. The Labute approximate surface area is 130 Å². The predicted molar refractivity (Wildman–Crippen MR) is 86.1 cm³/mol. The molecular formula is C18H21NO3. The summed E-state index contributed by atoms with van der Waals surface area (Å²) in [5, 5.41) is 2.97. The molecule has 22 heavy (non-hydrogen) atoms. The molecule has 0 unspecified atom stereocenters. The normalized spacial score (nSPS) is 12.0. The van der Waals surface area contributed by atoms with Crippen molar-refractivity contribution < 1.29 is 9.21 Å². The molecule has 1 aromatic carbocycles. The van der Waals surface area contributed by atoms with Crippen LogP contribution in [0.2, 0.25) is 0 Å². The summed E-state index contributed by atoms with van der Waals surface area (Å²) in [5.41, 5.74) is 1.91. The zero-order valence-electron chi connectivity index (χ0n) is 13.2. The first-order valence-electron chi connectivity index (χ1n) is 7.43. The molecule has 0 radical (unpaired) electrons. The summed E-state index contributed by atoms with van der Waals surface area (Å²) < 4.78 is 5.00. The summed E-state index contributed by atoms with van der Waals surface area (Å²) >= 11 is 0. The van der Waals surface area contributed by atoms with Crippen LogP contribution < -0.4 is 10.9 Å². The monoisotopic (exact) mass is 299 g/mol. The number of carbonyl (C=O) groups is 1. The number of nitrogens with one attached hydrogen (secondary N) is 1. The fourth-order valence-corrected chi connectivity index (χ4v) is 2.49. The summed E-state index contributed by atoms with van der Waals surface area (Å²) in [6.45, 7) is 5.36. The third-order valence-corrected chi connectivity index (χ3v) is 3.65. The Morgan fingerprint density at radius 1 is 1.23 bits per heavy atom. The van der Waals surface area contributed by atoms with Crippen LogP contribution in [0.3, 0.4) is 0 Å². The zero-order valence-corrected chi connectivity index (χ0v) is 13.2. The van der Waals surface area contributed by atoms with E-state index in [1.807, 2.05) is 25.1 Å². The molecule has 4 nitrogen and oxygen atoms in total. The third-order valence-electron chi connectivity index (χ3n) is 3.65. The van der Waals surface area contributed by atoms with Crippen LogP contribution in [0.25, 0.3) is 0 Å². The molecule has 1 heterocycles. The Hall–Kier alpha value is -2.36. The second-order valence-electron chi connectivity index (χ2n) is 5.58. The highest BCUT2D eigenvalue weighted by atomic mass is 16.4. The minimum Gasteiger partial charge on any atom is -0.427 e. The van der Waals surface area contributed by atoms with Gasteiger partial charge in [0, 0.05) is 12.1 Å². The lowest BCUT2D eigenvalue weighted by atomic mass is 10.0. The van der Waals surface area contributed by atoms with Gasteiger partial charge in [0.1, 0.15) is 5.76 Å². The predicted octanol–water partition coefficient (Wildman–Crippen LogP) is 3.01. The van der Waals surface area contributed by atoms with Crippen LogP contribution in [-0.2, 0) is 6.42 Å². The highest BCUT2D eigenvalue weighted by molar-refractivity contribution is 5.96. The molecule has 1 N–H and O–H groups in total.